The maximum absolute atomic E-state index is 11.6. The minimum atomic E-state index is -2.82. The molecular weight excluding hydrogens is 356 g/mol. The number of hydrogen-bond acceptors (Lipinski definition) is 4. The number of ether oxygens (including phenoxy) is 2. The Hall–Kier alpha value is -0.750. The monoisotopic (exact) mass is 376 g/mol. The Labute approximate surface area is 134 Å². The van der Waals surface area contributed by atoms with E-state index >= 15 is 0 Å². The highest BCUT2D eigenvalue weighted by atomic mass is 79.9. The summed E-state index contributed by atoms with van der Waals surface area (Å²) in [6, 6.07) is 7.54. The first-order valence-corrected chi connectivity index (χ1v) is 10.0. The van der Waals surface area contributed by atoms with E-state index in [4.69, 9.17) is 9.47 Å². The number of rotatable bonds is 7. The first kappa shape index (κ1) is 16.6. The number of hydrogen-bond donors (Lipinski definition) is 0. The van der Waals surface area contributed by atoms with E-state index in [9.17, 15) is 8.42 Å². The van der Waals surface area contributed by atoms with Gasteiger partial charge in [0.05, 0.1) is 25.2 Å². The topological polar surface area (TPSA) is 52.6 Å². The number of sulfone groups is 1. The Kier molecular flexibility index (Phi) is 5.93. The lowest BCUT2D eigenvalue weighted by Crippen LogP contribution is -2.20. The van der Waals surface area contributed by atoms with Crippen LogP contribution in [0.15, 0.2) is 24.3 Å². The van der Waals surface area contributed by atoms with Crippen LogP contribution in [-0.4, -0.2) is 39.0 Å². The van der Waals surface area contributed by atoms with Gasteiger partial charge in [-0.3, -0.25) is 0 Å². The lowest BCUT2D eigenvalue weighted by molar-refractivity contribution is 0.248. The molecular formula is C15H21BrO4S. The first-order chi connectivity index (χ1) is 10.1. The number of methoxy groups -OCH3 is 1. The first-order valence-electron chi connectivity index (χ1n) is 7.08. The molecule has 0 radical (unpaired) electrons. The third-order valence-electron chi connectivity index (χ3n) is 3.95. The van der Waals surface area contributed by atoms with E-state index in [2.05, 4.69) is 15.9 Å². The molecule has 1 heterocycles. The summed E-state index contributed by atoms with van der Waals surface area (Å²) in [5, 5.41) is 0.808. The number of benzene rings is 1. The molecule has 1 aliphatic rings. The fourth-order valence-electron chi connectivity index (χ4n) is 2.69. The quantitative estimate of drug-likeness (QED) is 0.686. The summed E-state index contributed by atoms with van der Waals surface area (Å²) < 4.78 is 34.2. The summed E-state index contributed by atoms with van der Waals surface area (Å²) >= 11 is 3.50. The molecule has 118 valence electrons. The molecule has 6 heteroatoms. The molecule has 0 aromatic heterocycles. The Bertz CT molecular complexity index is 559. The van der Waals surface area contributed by atoms with Gasteiger partial charge in [-0.15, -0.1) is 0 Å². The molecule has 2 atom stereocenters. The van der Waals surface area contributed by atoms with E-state index in [0.717, 1.165) is 29.7 Å². The summed E-state index contributed by atoms with van der Waals surface area (Å²) in [6.07, 6.45) is 1.61. The molecule has 2 unspecified atom stereocenters. The molecule has 1 aliphatic heterocycles. The van der Waals surface area contributed by atoms with Crippen molar-refractivity contribution in [3.05, 3.63) is 24.3 Å². The van der Waals surface area contributed by atoms with Crippen LogP contribution >= 0.6 is 15.9 Å². The van der Waals surface area contributed by atoms with Gasteiger partial charge < -0.3 is 9.47 Å². The van der Waals surface area contributed by atoms with E-state index in [1.807, 2.05) is 24.3 Å². The number of para-hydroxylation sites is 2. The van der Waals surface area contributed by atoms with Gasteiger partial charge in [-0.05, 0) is 36.8 Å². The molecule has 21 heavy (non-hydrogen) atoms. The highest BCUT2D eigenvalue weighted by Crippen LogP contribution is 2.31. The summed E-state index contributed by atoms with van der Waals surface area (Å²) in [5.41, 5.74) is 0. The average Bonchev–Trinajstić information content (AvgIpc) is 2.84. The summed E-state index contributed by atoms with van der Waals surface area (Å²) in [4.78, 5) is 0. The maximum atomic E-state index is 11.6. The van der Waals surface area contributed by atoms with Crippen molar-refractivity contribution in [2.75, 3.05) is 30.6 Å². The van der Waals surface area contributed by atoms with Gasteiger partial charge in [0, 0.05) is 5.33 Å². The second-order valence-corrected chi connectivity index (χ2v) is 8.24. The van der Waals surface area contributed by atoms with E-state index in [1.165, 1.54) is 0 Å². The van der Waals surface area contributed by atoms with Crippen molar-refractivity contribution < 1.29 is 17.9 Å². The molecule has 2 rings (SSSR count). The molecule has 0 bridgehead atoms. The van der Waals surface area contributed by atoms with Crippen molar-refractivity contribution >= 4 is 25.8 Å². The molecule has 1 aromatic rings. The Morgan fingerprint density at radius 3 is 2.62 bits per heavy atom. The minimum absolute atomic E-state index is 0.246. The summed E-state index contributed by atoms with van der Waals surface area (Å²) in [6.45, 7) is 0.563. The molecule has 0 amide bonds. The van der Waals surface area contributed by atoms with Gasteiger partial charge in [0.2, 0.25) is 0 Å². The van der Waals surface area contributed by atoms with Gasteiger partial charge in [-0.1, -0.05) is 28.1 Å². The lowest BCUT2D eigenvalue weighted by atomic mass is 9.91. The van der Waals surface area contributed by atoms with Crippen LogP contribution in [0.2, 0.25) is 0 Å². The van der Waals surface area contributed by atoms with Crippen LogP contribution in [0.5, 0.6) is 11.5 Å². The molecule has 0 saturated carbocycles. The standard InChI is InChI=1S/C15H21BrO4S/c1-19-14-4-2-3-5-15(14)20-8-6-12(10-16)13-7-9-21(17,18)11-13/h2-5,12-13H,6-11H2,1H3. The van der Waals surface area contributed by atoms with E-state index in [0.29, 0.717) is 24.0 Å². The zero-order chi connectivity index (χ0) is 15.3. The van der Waals surface area contributed by atoms with Crippen LogP contribution in [0.3, 0.4) is 0 Å². The Morgan fingerprint density at radius 2 is 2.05 bits per heavy atom. The van der Waals surface area contributed by atoms with Gasteiger partial charge in [0.25, 0.3) is 0 Å². The van der Waals surface area contributed by atoms with Crippen molar-refractivity contribution in [1.29, 1.82) is 0 Å². The van der Waals surface area contributed by atoms with E-state index in [1.54, 1.807) is 7.11 Å². The lowest BCUT2D eigenvalue weighted by Gasteiger charge is -2.20. The van der Waals surface area contributed by atoms with Crippen LogP contribution in [0, 0.1) is 11.8 Å². The number of alkyl halides is 1. The molecule has 1 aromatic carbocycles. The SMILES string of the molecule is COc1ccccc1OCCC(CBr)C1CCS(=O)(=O)C1. The van der Waals surface area contributed by atoms with E-state index < -0.39 is 9.84 Å². The highest BCUT2D eigenvalue weighted by molar-refractivity contribution is 9.09. The van der Waals surface area contributed by atoms with Crippen LogP contribution in [-0.2, 0) is 9.84 Å². The highest BCUT2D eigenvalue weighted by Gasteiger charge is 2.33. The zero-order valence-corrected chi connectivity index (χ0v) is 14.5. The molecule has 0 N–H and O–H groups in total. The fourth-order valence-corrected chi connectivity index (χ4v) is 5.46. The fraction of sp³-hybridized carbons (Fsp3) is 0.600. The summed E-state index contributed by atoms with van der Waals surface area (Å²) in [7, 11) is -1.20. The van der Waals surface area contributed by atoms with Gasteiger partial charge in [0.15, 0.2) is 21.3 Å². The zero-order valence-electron chi connectivity index (χ0n) is 12.1. The predicted molar refractivity (Wildman–Crippen MR) is 87.2 cm³/mol. The predicted octanol–water partition coefficient (Wildman–Crippen LogP) is 2.91. The van der Waals surface area contributed by atoms with Crippen molar-refractivity contribution in [3.8, 4) is 11.5 Å². The third-order valence-corrected chi connectivity index (χ3v) is 6.57. The Balaban J connectivity index is 1.86. The number of halogens is 1. The second kappa shape index (κ2) is 7.49. The van der Waals surface area contributed by atoms with Gasteiger partial charge in [0.1, 0.15) is 0 Å². The molecule has 0 spiro atoms. The van der Waals surface area contributed by atoms with Gasteiger partial charge in [-0.25, -0.2) is 8.42 Å². The third kappa shape index (κ3) is 4.61. The van der Waals surface area contributed by atoms with Crippen LogP contribution in [0.1, 0.15) is 12.8 Å². The van der Waals surface area contributed by atoms with Crippen LogP contribution in [0.4, 0.5) is 0 Å². The van der Waals surface area contributed by atoms with Crippen LogP contribution in [0.25, 0.3) is 0 Å². The van der Waals surface area contributed by atoms with E-state index in [-0.39, 0.29) is 5.92 Å². The normalized spacial score (nSPS) is 21.9. The maximum Gasteiger partial charge on any atom is 0.161 e. The van der Waals surface area contributed by atoms with Gasteiger partial charge >= 0.3 is 0 Å². The van der Waals surface area contributed by atoms with Crippen molar-refractivity contribution in [2.24, 2.45) is 11.8 Å². The average molecular weight is 377 g/mol. The summed E-state index contributed by atoms with van der Waals surface area (Å²) in [5.74, 6) is 2.67. The van der Waals surface area contributed by atoms with Crippen molar-refractivity contribution in [1.82, 2.24) is 0 Å². The second-order valence-electron chi connectivity index (χ2n) is 5.37. The minimum Gasteiger partial charge on any atom is -0.493 e. The van der Waals surface area contributed by atoms with Crippen LogP contribution < -0.4 is 9.47 Å². The Morgan fingerprint density at radius 1 is 1.33 bits per heavy atom. The van der Waals surface area contributed by atoms with Crippen molar-refractivity contribution in [3.63, 3.8) is 0 Å². The molecule has 4 nitrogen and oxygen atoms in total. The smallest absolute Gasteiger partial charge is 0.161 e. The molecule has 1 saturated heterocycles. The molecule has 1 fully saturated rings. The largest absolute Gasteiger partial charge is 0.493 e. The van der Waals surface area contributed by atoms with Gasteiger partial charge in [-0.2, -0.15) is 0 Å². The van der Waals surface area contributed by atoms with Crippen molar-refractivity contribution in [2.45, 2.75) is 12.8 Å². The molecule has 0 aliphatic carbocycles.